The average molecular weight is 286 g/mol. The molecule has 7 nitrogen and oxygen atoms in total. The summed E-state index contributed by atoms with van der Waals surface area (Å²) in [5, 5.41) is 21.4. The van der Waals surface area contributed by atoms with Crippen LogP contribution in [-0.2, 0) is 6.54 Å². The van der Waals surface area contributed by atoms with Crippen molar-refractivity contribution in [3.8, 4) is 17.2 Å². The molecule has 3 aromatic rings. The van der Waals surface area contributed by atoms with Crippen LogP contribution in [0.1, 0.15) is 0 Å². The number of ether oxygens (including phenoxy) is 1. The van der Waals surface area contributed by atoms with Gasteiger partial charge in [-0.05, 0) is 24.3 Å². The lowest BCUT2D eigenvalue weighted by molar-refractivity contribution is 0.0893. The molecule has 108 valence electrons. The van der Waals surface area contributed by atoms with Crippen molar-refractivity contribution < 1.29 is 14.3 Å². The summed E-state index contributed by atoms with van der Waals surface area (Å²) >= 11 is 0. The van der Waals surface area contributed by atoms with Crippen LogP contribution in [-0.4, -0.2) is 37.8 Å². The van der Waals surface area contributed by atoms with Crippen LogP contribution in [0.2, 0.25) is 0 Å². The minimum atomic E-state index is -0.642. The van der Waals surface area contributed by atoms with E-state index in [9.17, 15) is 5.11 Å². The van der Waals surface area contributed by atoms with Gasteiger partial charge in [0.05, 0.1) is 6.54 Å². The summed E-state index contributed by atoms with van der Waals surface area (Å²) in [6.45, 7) is 0.559. The van der Waals surface area contributed by atoms with Crippen molar-refractivity contribution in [1.29, 1.82) is 0 Å². The molecule has 0 spiro atoms. The lowest BCUT2D eigenvalue weighted by Crippen LogP contribution is -2.23. The third-order valence-electron chi connectivity index (χ3n) is 2.84. The van der Waals surface area contributed by atoms with E-state index in [1.165, 1.54) is 6.39 Å². The fraction of sp³-hybridized carbons (Fsp3) is 0.214. The van der Waals surface area contributed by atoms with E-state index in [-0.39, 0.29) is 6.61 Å². The molecule has 0 amide bonds. The lowest BCUT2D eigenvalue weighted by Gasteiger charge is -2.12. The number of nitrogens with zero attached hydrogens (tertiary/aromatic N) is 4. The smallest absolute Gasteiger partial charge is 0.247 e. The fourth-order valence-electron chi connectivity index (χ4n) is 1.89. The summed E-state index contributed by atoms with van der Waals surface area (Å²) in [5.41, 5.74) is 0.770. The van der Waals surface area contributed by atoms with Crippen molar-refractivity contribution in [3.05, 3.63) is 49.1 Å². The van der Waals surface area contributed by atoms with E-state index in [1.54, 1.807) is 35.3 Å². The predicted molar refractivity (Wildman–Crippen MR) is 73.5 cm³/mol. The van der Waals surface area contributed by atoms with Gasteiger partial charge in [0, 0.05) is 18.0 Å². The molecule has 1 unspecified atom stereocenters. The van der Waals surface area contributed by atoms with E-state index >= 15 is 0 Å². The maximum atomic E-state index is 9.91. The summed E-state index contributed by atoms with van der Waals surface area (Å²) in [7, 11) is 0. The van der Waals surface area contributed by atoms with Crippen molar-refractivity contribution in [2.75, 3.05) is 6.61 Å². The van der Waals surface area contributed by atoms with Gasteiger partial charge in [-0.2, -0.15) is 5.10 Å². The highest BCUT2D eigenvalue weighted by atomic mass is 16.5. The number of rotatable bonds is 6. The Balaban J connectivity index is 1.59. The quantitative estimate of drug-likeness (QED) is 0.736. The third kappa shape index (κ3) is 3.46. The molecular weight excluding hydrogens is 272 g/mol. The van der Waals surface area contributed by atoms with Gasteiger partial charge >= 0.3 is 0 Å². The number of benzene rings is 1. The molecule has 0 fully saturated rings. The number of aromatic nitrogens is 4. The minimum absolute atomic E-state index is 0.174. The zero-order chi connectivity index (χ0) is 14.5. The molecule has 0 saturated carbocycles. The molecule has 2 aromatic heterocycles. The van der Waals surface area contributed by atoms with Gasteiger partial charge in [-0.1, -0.05) is 6.07 Å². The summed E-state index contributed by atoms with van der Waals surface area (Å²) in [4.78, 5) is 0. The summed E-state index contributed by atoms with van der Waals surface area (Å²) in [5.74, 6) is 1.06. The van der Waals surface area contributed by atoms with Crippen molar-refractivity contribution in [2.24, 2.45) is 0 Å². The second-order valence-corrected chi connectivity index (χ2v) is 4.46. The molecule has 0 aliphatic rings. The molecule has 3 rings (SSSR count). The highest BCUT2D eigenvalue weighted by molar-refractivity contribution is 5.55. The molecule has 21 heavy (non-hydrogen) atoms. The largest absolute Gasteiger partial charge is 0.491 e. The topological polar surface area (TPSA) is 86.2 Å². The lowest BCUT2D eigenvalue weighted by atomic mass is 10.2. The van der Waals surface area contributed by atoms with Crippen LogP contribution in [0.15, 0.2) is 53.5 Å². The molecule has 0 radical (unpaired) electrons. The van der Waals surface area contributed by atoms with E-state index in [4.69, 9.17) is 9.15 Å². The summed E-state index contributed by atoms with van der Waals surface area (Å²) < 4.78 is 12.4. The third-order valence-corrected chi connectivity index (χ3v) is 2.84. The van der Waals surface area contributed by atoms with E-state index in [2.05, 4.69) is 15.3 Å². The average Bonchev–Trinajstić information content (AvgIpc) is 3.19. The zero-order valence-electron chi connectivity index (χ0n) is 11.2. The zero-order valence-corrected chi connectivity index (χ0v) is 11.2. The Labute approximate surface area is 120 Å². The number of aliphatic hydroxyl groups excluding tert-OH is 1. The van der Waals surface area contributed by atoms with Crippen LogP contribution in [0.5, 0.6) is 5.75 Å². The first-order valence-corrected chi connectivity index (χ1v) is 6.46. The Kier molecular flexibility index (Phi) is 3.92. The van der Waals surface area contributed by atoms with E-state index < -0.39 is 6.10 Å². The minimum Gasteiger partial charge on any atom is -0.491 e. The Morgan fingerprint density at radius 1 is 1.33 bits per heavy atom. The maximum absolute atomic E-state index is 9.91. The van der Waals surface area contributed by atoms with Gasteiger partial charge in [-0.25, -0.2) is 0 Å². The van der Waals surface area contributed by atoms with Crippen LogP contribution in [0.4, 0.5) is 0 Å². The van der Waals surface area contributed by atoms with Gasteiger partial charge in [-0.15, -0.1) is 10.2 Å². The molecule has 1 atom stereocenters. The van der Waals surface area contributed by atoms with Gasteiger partial charge in [0.2, 0.25) is 12.3 Å². The van der Waals surface area contributed by atoms with E-state index in [1.807, 2.05) is 12.1 Å². The number of aliphatic hydroxyl groups is 1. The van der Waals surface area contributed by atoms with Crippen molar-refractivity contribution in [1.82, 2.24) is 20.0 Å². The highest BCUT2D eigenvalue weighted by Gasteiger charge is 2.08. The second kappa shape index (κ2) is 6.19. The number of hydrogen-bond acceptors (Lipinski definition) is 6. The Morgan fingerprint density at radius 2 is 2.29 bits per heavy atom. The second-order valence-electron chi connectivity index (χ2n) is 4.46. The van der Waals surface area contributed by atoms with Crippen LogP contribution in [0, 0.1) is 0 Å². The molecule has 0 saturated heterocycles. The first-order chi connectivity index (χ1) is 10.3. The van der Waals surface area contributed by atoms with Crippen LogP contribution in [0.25, 0.3) is 11.5 Å². The fourth-order valence-corrected chi connectivity index (χ4v) is 1.89. The van der Waals surface area contributed by atoms with Crippen LogP contribution < -0.4 is 4.74 Å². The van der Waals surface area contributed by atoms with Gasteiger partial charge in [-0.3, -0.25) is 4.68 Å². The predicted octanol–water partition coefficient (Wildman–Crippen LogP) is 1.37. The molecule has 0 aliphatic carbocycles. The maximum Gasteiger partial charge on any atom is 0.247 e. The number of hydrogen-bond donors (Lipinski definition) is 1. The molecular formula is C14H14N4O3. The first-order valence-electron chi connectivity index (χ1n) is 6.46. The SMILES string of the molecule is OC(COc1cccc(-c2nnco2)c1)Cn1cccn1. The molecule has 0 aliphatic heterocycles. The first kappa shape index (κ1) is 13.3. The van der Waals surface area contributed by atoms with Crippen molar-refractivity contribution in [3.63, 3.8) is 0 Å². The van der Waals surface area contributed by atoms with Gasteiger partial charge in [0.15, 0.2) is 0 Å². The Bertz CT molecular complexity index is 667. The molecule has 0 bridgehead atoms. The molecule has 1 N–H and O–H groups in total. The monoisotopic (exact) mass is 286 g/mol. The normalized spacial score (nSPS) is 12.2. The summed E-state index contributed by atoms with van der Waals surface area (Å²) in [6.07, 6.45) is 4.09. The van der Waals surface area contributed by atoms with Crippen molar-refractivity contribution in [2.45, 2.75) is 12.6 Å². The van der Waals surface area contributed by atoms with Crippen LogP contribution >= 0.6 is 0 Å². The van der Waals surface area contributed by atoms with E-state index in [0.717, 1.165) is 5.56 Å². The van der Waals surface area contributed by atoms with Crippen LogP contribution in [0.3, 0.4) is 0 Å². The van der Waals surface area contributed by atoms with Crippen molar-refractivity contribution >= 4 is 0 Å². The molecule has 7 heteroatoms. The summed E-state index contributed by atoms with van der Waals surface area (Å²) in [6, 6.07) is 9.07. The molecule has 1 aromatic carbocycles. The highest BCUT2D eigenvalue weighted by Crippen LogP contribution is 2.21. The van der Waals surface area contributed by atoms with Gasteiger partial charge < -0.3 is 14.3 Å². The van der Waals surface area contributed by atoms with Gasteiger partial charge in [0.1, 0.15) is 18.5 Å². The standard InChI is InChI=1S/C14H14N4O3/c19-12(8-18-6-2-5-16-18)9-20-13-4-1-3-11(7-13)14-17-15-10-21-14/h1-7,10,12,19H,8-9H2. The Morgan fingerprint density at radius 3 is 3.05 bits per heavy atom. The van der Waals surface area contributed by atoms with E-state index in [0.29, 0.717) is 18.2 Å². The molecule has 2 heterocycles. The Hall–Kier alpha value is -2.67. The van der Waals surface area contributed by atoms with Gasteiger partial charge in [0.25, 0.3) is 0 Å².